The molecular formula is C13H14N4O2. The van der Waals surface area contributed by atoms with Crippen LogP contribution in [-0.2, 0) is 9.59 Å². The molecule has 1 aliphatic heterocycles. The first-order valence-electron chi connectivity index (χ1n) is 6.16. The highest BCUT2D eigenvalue weighted by atomic mass is 16.2. The number of fused-ring (bicyclic) bond motifs is 1. The number of piperidine rings is 1. The molecule has 1 atom stereocenters. The normalized spacial score (nSPS) is 20.1. The lowest BCUT2D eigenvalue weighted by Crippen LogP contribution is -2.48. The number of amides is 2. The zero-order valence-electron chi connectivity index (χ0n) is 10.5. The van der Waals surface area contributed by atoms with Gasteiger partial charge in [-0.1, -0.05) is 6.07 Å². The van der Waals surface area contributed by atoms with Crippen molar-refractivity contribution in [2.45, 2.75) is 18.9 Å². The SMILES string of the molecule is CN1C(=O)CCC(Nc2cccc3nccn23)C1=O. The summed E-state index contributed by atoms with van der Waals surface area (Å²) in [6.07, 6.45) is 4.45. The van der Waals surface area contributed by atoms with E-state index in [1.807, 2.05) is 28.8 Å². The predicted octanol–water partition coefficient (Wildman–Crippen LogP) is 0.894. The molecule has 19 heavy (non-hydrogen) atoms. The highest BCUT2D eigenvalue weighted by Crippen LogP contribution is 2.18. The summed E-state index contributed by atoms with van der Waals surface area (Å²) in [6.45, 7) is 0. The quantitative estimate of drug-likeness (QED) is 0.812. The molecule has 0 saturated carbocycles. The Morgan fingerprint density at radius 3 is 3.05 bits per heavy atom. The van der Waals surface area contributed by atoms with Gasteiger partial charge in [0.15, 0.2) is 0 Å². The number of pyridine rings is 1. The molecule has 1 aliphatic rings. The van der Waals surface area contributed by atoms with E-state index in [0.717, 1.165) is 11.5 Å². The van der Waals surface area contributed by atoms with Crippen molar-refractivity contribution in [2.75, 3.05) is 12.4 Å². The van der Waals surface area contributed by atoms with E-state index in [-0.39, 0.29) is 17.9 Å². The summed E-state index contributed by atoms with van der Waals surface area (Å²) in [4.78, 5) is 28.8. The van der Waals surface area contributed by atoms with Gasteiger partial charge in [0.25, 0.3) is 5.91 Å². The highest BCUT2D eigenvalue weighted by Gasteiger charge is 2.31. The minimum atomic E-state index is -0.365. The molecule has 6 heteroatoms. The number of imidazole rings is 1. The van der Waals surface area contributed by atoms with Gasteiger partial charge in [-0.3, -0.25) is 18.9 Å². The first kappa shape index (κ1) is 11.7. The van der Waals surface area contributed by atoms with E-state index in [4.69, 9.17) is 0 Å². The van der Waals surface area contributed by atoms with Gasteiger partial charge in [0.2, 0.25) is 5.91 Å². The van der Waals surface area contributed by atoms with Gasteiger partial charge in [-0.05, 0) is 18.6 Å². The van der Waals surface area contributed by atoms with Gasteiger partial charge in [-0.15, -0.1) is 0 Å². The summed E-state index contributed by atoms with van der Waals surface area (Å²) >= 11 is 0. The average Bonchev–Trinajstić information content (AvgIpc) is 2.89. The van der Waals surface area contributed by atoms with Crippen LogP contribution in [0.3, 0.4) is 0 Å². The van der Waals surface area contributed by atoms with Crippen molar-refractivity contribution in [3.8, 4) is 0 Å². The Bertz CT molecular complexity index is 649. The molecule has 6 nitrogen and oxygen atoms in total. The Hall–Kier alpha value is -2.37. The molecular weight excluding hydrogens is 244 g/mol. The Labute approximate surface area is 110 Å². The molecule has 0 bridgehead atoms. The minimum absolute atomic E-state index is 0.121. The molecule has 0 radical (unpaired) electrons. The number of carbonyl (C=O) groups excluding carboxylic acids is 2. The number of carbonyl (C=O) groups is 2. The number of aromatic nitrogens is 2. The van der Waals surface area contributed by atoms with Crippen LogP contribution in [0.2, 0.25) is 0 Å². The summed E-state index contributed by atoms with van der Waals surface area (Å²) in [6, 6.07) is 5.30. The van der Waals surface area contributed by atoms with Gasteiger partial charge in [-0.2, -0.15) is 0 Å². The number of likely N-dealkylation sites (tertiary alicyclic amines) is 1. The maximum Gasteiger partial charge on any atom is 0.251 e. The van der Waals surface area contributed by atoms with Crippen molar-refractivity contribution in [3.63, 3.8) is 0 Å². The molecule has 1 saturated heterocycles. The van der Waals surface area contributed by atoms with Gasteiger partial charge >= 0.3 is 0 Å². The first-order valence-corrected chi connectivity index (χ1v) is 6.16. The fourth-order valence-corrected chi connectivity index (χ4v) is 2.29. The van der Waals surface area contributed by atoms with E-state index in [1.165, 1.54) is 11.9 Å². The molecule has 98 valence electrons. The van der Waals surface area contributed by atoms with Crippen LogP contribution in [0, 0.1) is 0 Å². The van der Waals surface area contributed by atoms with Crippen LogP contribution < -0.4 is 5.32 Å². The van der Waals surface area contributed by atoms with Crippen LogP contribution >= 0.6 is 0 Å². The third-order valence-electron chi connectivity index (χ3n) is 3.40. The third-order valence-corrected chi connectivity index (χ3v) is 3.40. The third kappa shape index (κ3) is 1.95. The largest absolute Gasteiger partial charge is 0.359 e. The number of anilines is 1. The van der Waals surface area contributed by atoms with Crippen molar-refractivity contribution in [1.82, 2.24) is 14.3 Å². The van der Waals surface area contributed by atoms with Gasteiger partial charge in [-0.25, -0.2) is 4.98 Å². The van der Waals surface area contributed by atoms with Crippen molar-refractivity contribution >= 4 is 23.3 Å². The van der Waals surface area contributed by atoms with Crippen LogP contribution in [0.5, 0.6) is 0 Å². The number of nitrogens with zero attached hydrogens (tertiary/aromatic N) is 3. The molecule has 2 aromatic heterocycles. The van der Waals surface area contributed by atoms with Crippen LogP contribution in [-0.4, -0.2) is 39.2 Å². The summed E-state index contributed by atoms with van der Waals surface area (Å²) in [5, 5.41) is 3.19. The molecule has 0 spiro atoms. The van der Waals surface area contributed by atoms with E-state index in [9.17, 15) is 9.59 Å². The zero-order chi connectivity index (χ0) is 13.4. The number of imide groups is 1. The van der Waals surface area contributed by atoms with Crippen LogP contribution in [0.15, 0.2) is 30.6 Å². The number of hydrogen-bond acceptors (Lipinski definition) is 4. The lowest BCUT2D eigenvalue weighted by atomic mass is 10.0. The molecule has 1 N–H and O–H groups in total. The first-order chi connectivity index (χ1) is 9.16. The second kappa shape index (κ2) is 4.38. The highest BCUT2D eigenvalue weighted by molar-refractivity contribution is 6.01. The van der Waals surface area contributed by atoms with Crippen LogP contribution in [0.4, 0.5) is 5.82 Å². The van der Waals surface area contributed by atoms with Crippen molar-refractivity contribution < 1.29 is 9.59 Å². The Morgan fingerprint density at radius 2 is 2.21 bits per heavy atom. The number of likely N-dealkylation sites (N-methyl/N-ethyl adjacent to an activating group) is 1. The van der Waals surface area contributed by atoms with Gasteiger partial charge in [0, 0.05) is 25.9 Å². The van der Waals surface area contributed by atoms with Gasteiger partial charge < -0.3 is 5.32 Å². The minimum Gasteiger partial charge on any atom is -0.359 e. The van der Waals surface area contributed by atoms with Crippen molar-refractivity contribution in [2.24, 2.45) is 0 Å². The number of nitrogens with one attached hydrogen (secondary N) is 1. The van der Waals surface area contributed by atoms with Crippen molar-refractivity contribution in [3.05, 3.63) is 30.6 Å². The summed E-state index contributed by atoms with van der Waals surface area (Å²) < 4.78 is 1.88. The molecule has 2 amide bonds. The fraction of sp³-hybridized carbons (Fsp3) is 0.308. The lowest BCUT2D eigenvalue weighted by molar-refractivity contribution is -0.146. The molecule has 3 rings (SSSR count). The standard InChI is InChI=1S/C13H14N4O2/c1-16-12(18)6-5-9(13(16)19)15-11-4-2-3-10-14-7-8-17(10)11/h2-4,7-9,15H,5-6H2,1H3. The molecule has 0 aliphatic carbocycles. The molecule has 1 fully saturated rings. The molecule has 1 unspecified atom stereocenters. The van der Waals surface area contributed by atoms with Crippen LogP contribution in [0.25, 0.3) is 5.65 Å². The Morgan fingerprint density at radius 1 is 1.37 bits per heavy atom. The Balaban J connectivity index is 1.87. The Kier molecular flexibility index (Phi) is 2.70. The molecule has 0 aromatic carbocycles. The molecule has 2 aromatic rings. The predicted molar refractivity (Wildman–Crippen MR) is 69.6 cm³/mol. The van der Waals surface area contributed by atoms with E-state index in [0.29, 0.717) is 12.8 Å². The topological polar surface area (TPSA) is 66.7 Å². The summed E-state index contributed by atoms with van der Waals surface area (Å²) in [5.41, 5.74) is 0.817. The summed E-state index contributed by atoms with van der Waals surface area (Å²) in [7, 11) is 1.52. The monoisotopic (exact) mass is 258 g/mol. The lowest BCUT2D eigenvalue weighted by Gasteiger charge is -2.28. The second-order valence-corrected chi connectivity index (χ2v) is 4.59. The average molecular weight is 258 g/mol. The zero-order valence-corrected chi connectivity index (χ0v) is 10.5. The maximum atomic E-state index is 12.0. The van der Waals surface area contributed by atoms with Crippen molar-refractivity contribution in [1.29, 1.82) is 0 Å². The summed E-state index contributed by atoms with van der Waals surface area (Å²) in [5.74, 6) is 0.494. The van der Waals surface area contributed by atoms with E-state index in [1.54, 1.807) is 6.20 Å². The van der Waals surface area contributed by atoms with Gasteiger partial charge in [0.1, 0.15) is 17.5 Å². The van der Waals surface area contributed by atoms with E-state index >= 15 is 0 Å². The van der Waals surface area contributed by atoms with E-state index in [2.05, 4.69) is 10.3 Å². The van der Waals surface area contributed by atoms with E-state index < -0.39 is 0 Å². The second-order valence-electron chi connectivity index (χ2n) is 4.59. The molecule has 3 heterocycles. The van der Waals surface area contributed by atoms with Crippen LogP contribution in [0.1, 0.15) is 12.8 Å². The number of rotatable bonds is 2. The fourth-order valence-electron chi connectivity index (χ4n) is 2.29. The number of hydrogen-bond donors (Lipinski definition) is 1. The smallest absolute Gasteiger partial charge is 0.251 e. The van der Waals surface area contributed by atoms with Gasteiger partial charge in [0.05, 0.1) is 0 Å². The maximum absolute atomic E-state index is 12.0.